The van der Waals surface area contributed by atoms with E-state index in [9.17, 15) is 4.79 Å². The van der Waals surface area contributed by atoms with Crippen LogP contribution in [-0.4, -0.2) is 9.55 Å². The minimum atomic E-state index is -0.474. The number of rotatable bonds is 1. The molecule has 0 spiro atoms. The molecular formula is C11H6ClN3O. The molecule has 0 saturated heterocycles. The maximum Gasteiger partial charge on any atom is 0.292 e. The number of nitriles is 1. The van der Waals surface area contributed by atoms with Gasteiger partial charge in [-0.3, -0.25) is 9.36 Å². The number of hydrogen-bond acceptors (Lipinski definition) is 3. The summed E-state index contributed by atoms with van der Waals surface area (Å²) < 4.78 is 1.30. The summed E-state index contributed by atoms with van der Waals surface area (Å²) in [5, 5.41) is 8.84. The van der Waals surface area contributed by atoms with Crippen molar-refractivity contribution in [1.29, 1.82) is 5.26 Å². The molecule has 1 aromatic carbocycles. The zero-order valence-corrected chi connectivity index (χ0v) is 8.85. The van der Waals surface area contributed by atoms with Gasteiger partial charge in [-0.15, -0.1) is 0 Å². The van der Waals surface area contributed by atoms with Crippen molar-refractivity contribution in [1.82, 2.24) is 9.55 Å². The first kappa shape index (κ1) is 10.4. The van der Waals surface area contributed by atoms with Crippen LogP contribution in [0.1, 0.15) is 5.69 Å². The van der Waals surface area contributed by atoms with Crippen LogP contribution < -0.4 is 5.56 Å². The zero-order valence-electron chi connectivity index (χ0n) is 8.09. The molecule has 0 amide bonds. The van der Waals surface area contributed by atoms with Gasteiger partial charge in [-0.2, -0.15) is 5.26 Å². The molecule has 0 aliphatic heterocycles. The third kappa shape index (κ3) is 1.81. The van der Waals surface area contributed by atoms with Crippen molar-refractivity contribution in [3.63, 3.8) is 0 Å². The molecule has 0 unspecified atom stereocenters. The second kappa shape index (κ2) is 4.17. The van der Waals surface area contributed by atoms with Crippen LogP contribution in [0.25, 0.3) is 5.69 Å². The Morgan fingerprint density at radius 2 is 2.00 bits per heavy atom. The monoisotopic (exact) mass is 231 g/mol. The summed E-state index contributed by atoms with van der Waals surface area (Å²) in [5.41, 5.74) is -0.0391. The molecule has 1 aromatic heterocycles. The fraction of sp³-hybridized carbons (Fsp3) is 0. The van der Waals surface area contributed by atoms with Crippen LogP contribution >= 0.6 is 11.6 Å². The van der Waals surface area contributed by atoms with Crippen molar-refractivity contribution in [3.8, 4) is 11.8 Å². The Labute approximate surface area is 96.4 Å². The number of benzene rings is 1. The van der Waals surface area contributed by atoms with Gasteiger partial charge in [0, 0.05) is 5.69 Å². The predicted octanol–water partition coefficient (Wildman–Crippen LogP) is 1.76. The Bertz CT molecular complexity index is 613. The van der Waals surface area contributed by atoms with E-state index in [1.807, 2.05) is 6.07 Å². The van der Waals surface area contributed by atoms with Gasteiger partial charge in [-0.25, -0.2) is 4.98 Å². The van der Waals surface area contributed by atoms with Crippen LogP contribution in [0.2, 0.25) is 5.15 Å². The third-order valence-corrected chi connectivity index (χ3v) is 2.20. The maximum absolute atomic E-state index is 11.8. The van der Waals surface area contributed by atoms with Crippen molar-refractivity contribution < 1.29 is 0 Å². The second-order valence-corrected chi connectivity index (χ2v) is 3.42. The van der Waals surface area contributed by atoms with Crippen LogP contribution in [0.3, 0.4) is 0 Å². The highest BCUT2D eigenvalue weighted by molar-refractivity contribution is 6.29. The lowest BCUT2D eigenvalue weighted by atomic mass is 10.3. The lowest BCUT2D eigenvalue weighted by Crippen LogP contribution is -2.22. The quantitative estimate of drug-likeness (QED) is 0.751. The molecule has 0 fully saturated rings. The minimum Gasteiger partial charge on any atom is -0.279 e. The van der Waals surface area contributed by atoms with E-state index >= 15 is 0 Å². The van der Waals surface area contributed by atoms with Gasteiger partial charge in [0.25, 0.3) is 5.56 Å². The average Bonchev–Trinajstić information content (AvgIpc) is 2.33. The second-order valence-electron chi connectivity index (χ2n) is 3.03. The van der Waals surface area contributed by atoms with E-state index in [4.69, 9.17) is 16.9 Å². The van der Waals surface area contributed by atoms with Gasteiger partial charge in [0.1, 0.15) is 11.2 Å². The molecule has 5 heteroatoms. The van der Waals surface area contributed by atoms with E-state index in [1.54, 1.807) is 30.3 Å². The van der Waals surface area contributed by atoms with Crippen molar-refractivity contribution in [2.24, 2.45) is 0 Å². The predicted molar refractivity (Wildman–Crippen MR) is 59.6 cm³/mol. The normalized spacial score (nSPS) is 9.75. The number of hydrogen-bond donors (Lipinski definition) is 0. The van der Waals surface area contributed by atoms with Crippen LogP contribution in [0.4, 0.5) is 0 Å². The van der Waals surface area contributed by atoms with E-state index in [1.165, 1.54) is 10.8 Å². The fourth-order valence-electron chi connectivity index (χ4n) is 1.32. The summed E-state index contributed by atoms with van der Waals surface area (Å²) in [4.78, 5) is 15.4. The topological polar surface area (TPSA) is 58.7 Å². The lowest BCUT2D eigenvalue weighted by molar-refractivity contribution is 0.943. The fourth-order valence-corrected chi connectivity index (χ4v) is 1.50. The number of para-hydroxylation sites is 1. The zero-order chi connectivity index (χ0) is 11.5. The Balaban J connectivity index is 2.72. The Morgan fingerprint density at radius 3 is 2.62 bits per heavy atom. The minimum absolute atomic E-state index is 0.111. The van der Waals surface area contributed by atoms with E-state index in [0.717, 1.165) is 0 Å². The van der Waals surface area contributed by atoms with E-state index in [0.29, 0.717) is 5.69 Å². The summed E-state index contributed by atoms with van der Waals surface area (Å²) in [6.45, 7) is 0. The Morgan fingerprint density at radius 1 is 1.31 bits per heavy atom. The highest BCUT2D eigenvalue weighted by Gasteiger charge is 2.07. The summed E-state index contributed by atoms with van der Waals surface area (Å²) in [7, 11) is 0. The van der Waals surface area contributed by atoms with E-state index in [-0.39, 0.29) is 10.8 Å². The largest absolute Gasteiger partial charge is 0.292 e. The summed E-state index contributed by atoms with van der Waals surface area (Å²) in [5.74, 6) is 0. The van der Waals surface area contributed by atoms with Gasteiger partial charge in [0.15, 0.2) is 0 Å². The van der Waals surface area contributed by atoms with Gasteiger partial charge in [-0.1, -0.05) is 29.8 Å². The molecule has 2 rings (SSSR count). The number of aromatic nitrogens is 2. The van der Waals surface area contributed by atoms with Crippen molar-refractivity contribution in [2.45, 2.75) is 0 Å². The average molecular weight is 232 g/mol. The molecule has 0 saturated carbocycles. The van der Waals surface area contributed by atoms with Crippen LogP contribution in [0, 0.1) is 11.3 Å². The highest BCUT2D eigenvalue weighted by Crippen LogP contribution is 2.08. The molecule has 0 aliphatic carbocycles. The molecule has 16 heavy (non-hydrogen) atoms. The van der Waals surface area contributed by atoms with Crippen molar-refractivity contribution in [2.75, 3.05) is 0 Å². The molecule has 78 valence electrons. The first-order chi connectivity index (χ1) is 7.72. The standard InChI is InChI=1S/C11H6ClN3O/c12-10-7-15(8-4-2-1-3-5-8)11(16)9(6-13)14-10/h1-5,7H. The third-order valence-electron chi connectivity index (χ3n) is 2.02. The first-order valence-electron chi connectivity index (χ1n) is 4.47. The number of halogens is 1. The molecule has 0 radical (unpaired) electrons. The molecule has 2 aromatic rings. The Hall–Kier alpha value is -2.12. The molecule has 0 aliphatic rings. The van der Waals surface area contributed by atoms with Crippen molar-refractivity contribution >= 4 is 11.6 Å². The smallest absolute Gasteiger partial charge is 0.279 e. The van der Waals surface area contributed by atoms with Crippen LogP contribution in [0.5, 0.6) is 0 Å². The summed E-state index contributed by atoms with van der Waals surface area (Å²) >= 11 is 5.73. The summed E-state index contributed by atoms with van der Waals surface area (Å²) in [6.07, 6.45) is 1.39. The highest BCUT2D eigenvalue weighted by atomic mass is 35.5. The van der Waals surface area contributed by atoms with Gasteiger partial charge < -0.3 is 0 Å². The van der Waals surface area contributed by atoms with E-state index < -0.39 is 5.56 Å². The molecular weight excluding hydrogens is 226 g/mol. The SMILES string of the molecule is N#Cc1nc(Cl)cn(-c2ccccc2)c1=O. The van der Waals surface area contributed by atoms with Gasteiger partial charge in [0.05, 0.1) is 6.20 Å². The first-order valence-corrected chi connectivity index (χ1v) is 4.85. The maximum atomic E-state index is 11.8. The van der Waals surface area contributed by atoms with Gasteiger partial charge >= 0.3 is 0 Å². The van der Waals surface area contributed by atoms with Gasteiger partial charge in [0.2, 0.25) is 5.69 Å². The van der Waals surface area contributed by atoms with Crippen LogP contribution in [-0.2, 0) is 0 Å². The molecule has 0 bridgehead atoms. The van der Waals surface area contributed by atoms with Crippen LogP contribution in [0.15, 0.2) is 41.3 Å². The van der Waals surface area contributed by atoms with Crippen molar-refractivity contribution in [3.05, 3.63) is 57.7 Å². The lowest BCUT2D eigenvalue weighted by Gasteiger charge is -2.05. The molecule has 4 nitrogen and oxygen atoms in total. The number of nitrogens with zero attached hydrogens (tertiary/aromatic N) is 3. The molecule has 0 N–H and O–H groups in total. The molecule has 0 atom stereocenters. The van der Waals surface area contributed by atoms with E-state index in [2.05, 4.69) is 4.98 Å². The summed E-state index contributed by atoms with van der Waals surface area (Å²) in [6, 6.07) is 10.6. The Kier molecular flexibility index (Phi) is 2.71. The molecule has 1 heterocycles. The van der Waals surface area contributed by atoms with Gasteiger partial charge in [-0.05, 0) is 12.1 Å².